The minimum absolute atomic E-state index is 0.174. The van der Waals surface area contributed by atoms with Crippen molar-refractivity contribution in [2.45, 2.75) is 19.6 Å². The Kier molecular flexibility index (Phi) is 6.52. The van der Waals surface area contributed by atoms with Gasteiger partial charge in [0.05, 0.1) is 10.7 Å². The lowest BCUT2D eigenvalue weighted by Crippen LogP contribution is -2.24. The van der Waals surface area contributed by atoms with Crippen LogP contribution in [0.25, 0.3) is 10.7 Å². The summed E-state index contributed by atoms with van der Waals surface area (Å²) in [5, 5.41) is 0.174. The van der Waals surface area contributed by atoms with E-state index in [2.05, 4.69) is 10.5 Å². The van der Waals surface area contributed by atoms with Gasteiger partial charge in [-0.2, -0.15) is 0 Å². The average Bonchev–Trinajstić information content (AvgIpc) is 2.59. The molecule has 0 aliphatic rings. The van der Waals surface area contributed by atoms with E-state index in [-0.39, 0.29) is 10.6 Å². The minimum Gasteiger partial charge on any atom is -0.354 e. The minimum atomic E-state index is -0.459. The quantitative estimate of drug-likeness (QED) is 0.608. The Morgan fingerprint density at radius 3 is 2.65 bits per heavy atom. The van der Waals surface area contributed by atoms with Gasteiger partial charge in [-0.3, -0.25) is 10.5 Å². The molecule has 4 nitrogen and oxygen atoms in total. The molecule has 23 heavy (non-hydrogen) atoms. The van der Waals surface area contributed by atoms with Crippen molar-refractivity contribution in [3.8, 4) is 0 Å². The van der Waals surface area contributed by atoms with E-state index in [9.17, 15) is 4.39 Å². The molecule has 2 rings (SSSR count). The molecule has 0 aliphatic heterocycles. The number of hydrogen-bond acceptors (Lipinski definition) is 4. The van der Waals surface area contributed by atoms with Crippen molar-refractivity contribution >= 4 is 22.3 Å². The smallest absolute Gasteiger partial charge is 0.182 e. The van der Waals surface area contributed by atoms with E-state index >= 15 is 0 Å². The van der Waals surface area contributed by atoms with E-state index in [1.807, 2.05) is 37.3 Å². The van der Waals surface area contributed by atoms with Crippen LogP contribution in [-0.2, 0) is 9.57 Å². The lowest BCUT2D eigenvalue weighted by atomic mass is 10.1. The molecule has 0 fully saturated rings. The van der Waals surface area contributed by atoms with Crippen LogP contribution in [0.2, 0.25) is 0 Å². The highest BCUT2D eigenvalue weighted by Gasteiger charge is 2.15. The van der Waals surface area contributed by atoms with Gasteiger partial charge in [0.15, 0.2) is 6.29 Å². The second-order valence-electron chi connectivity index (χ2n) is 4.70. The number of nitrogens with one attached hydrogen (secondary N) is 1. The Labute approximate surface area is 139 Å². The summed E-state index contributed by atoms with van der Waals surface area (Å²) in [6, 6.07) is 10.5. The molecule has 0 spiro atoms. The second-order valence-corrected chi connectivity index (χ2v) is 5.08. The third-order valence-corrected chi connectivity index (χ3v) is 3.57. The highest BCUT2D eigenvalue weighted by atomic mass is 35.5. The summed E-state index contributed by atoms with van der Waals surface area (Å²) >= 11 is 6.40. The molecule has 1 aromatic carbocycles. The Morgan fingerprint density at radius 2 is 2.04 bits per heavy atom. The van der Waals surface area contributed by atoms with E-state index in [0.29, 0.717) is 12.1 Å². The summed E-state index contributed by atoms with van der Waals surface area (Å²) in [5.41, 5.74) is 4.18. The fourth-order valence-corrected chi connectivity index (χ4v) is 2.22. The Bertz CT molecular complexity index is 661. The van der Waals surface area contributed by atoms with Gasteiger partial charge in [-0.15, -0.1) is 0 Å². The molecule has 1 aromatic heterocycles. The molecule has 122 valence electrons. The molecular weight excluding hydrogens is 319 g/mol. The third kappa shape index (κ3) is 4.51. The standard InChI is InChI=1S/C17H18ClFN2O2/c1-3-15(22-2)23-21-17(12-7-5-4-6-8-12)16(18)13-11-20-10-9-14(13)19/h4-11,15,21H,3H2,1-2H3. The summed E-state index contributed by atoms with van der Waals surface area (Å²) in [4.78, 5) is 9.40. The van der Waals surface area contributed by atoms with Crippen LogP contribution >= 0.6 is 11.6 Å². The zero-order valence-corrected chi connectivity index (χ0v) is 13.7. The maximum absolute atomic E-state index is 14.0. The summed E-state index contributed by atoms with van der Waals surface area (Å²) in [5.74, 6) is -0.459. The first-order chi connectivity index (χ1) is 11.2. The number of hydrogen-bond donors (Lipinski definition) is 1. The van der Waals surface area contributed by atoms with Gasteiger partial charge in [0, 0.05) is 30.6 Å². The number of methoxy groups -OCH3 is 1. The topological polar surface area (TPSA) is 43.4 Å². The van der Waals surface area contributed by atoms with Crippen LogP contribution in [0.1, 0.15) is 24.5 Å². The van der Waals surface area contributed by atoms with Gasteiger partial charge in [-0.1, -0.05) is 48.9 Å². The summed E-state index contributed by atoms with van der Waals surface area (Å²) < 4.78 is 19.2. The van der Waals surface area contributed by atoms with E-state index in [0.717, 1.165) is 5.56 Å². The number of benzene rings is 1. The predicted octanol–water partition coefficient (Wildman–Crippen LogP) is 4.19. The normalized spacial score (nSPS) is 13.4. The lowest BCUT2D eigenvalue weighted by molar-refractivity contribution is -0.151. The number of aromatic nitrogens is 1. The molecule has 1 atom stereocenters. The molecular formula is C17H18ClFN2O2. The van der Waals surface area contributed by atoms with Gasteiger partial charge in [0.25, 0.3) is 0 Å². The van der Waals surface area contributed by atoms with Crippen molar-refractivity contribution in [3.05, 3.63) is 65.7 Å². The van der Waals surface area contributed by atoms with Gasteiger partial charge in [0.2, 0.25) is 0 Å². The van der Waals surface area contributed by atoms with Gasteiger partial charge < -0.3 is 4.74 Å². The van der Waals surface area contributed by atoms with Crippen molar-refractivity contribution in [3.63, 3.8) is 0 Å². The summed E-state index contributed by atoms with van der Waals surface area (Å²) in [7, 11) is 1.55. The molecule has 2 aromatic rings. The van der Waals surface area contributed by atoms with Crippen molar-refractivity contribution < 1.29 is 14.0 Å². The Morgan fingerprint density at radius 1 is 1.30 bits per heavy atom. The third-order valence-electron chi connectivity index (χ3n) is 3.17. The molecule has 0 amide bonds. The van der Waals surface area contributed by atoms with Crippen LogP contribution < -0.4 is 5.48 Å². The predicted molar refractivity (Wildman–Crippen MR) is 88.6 cm³/mol. The fourth-order valence-electron chi connectivity index (χ4n) is 1.93. The fraction of sp³-hybridized carbons (Fsp3) is 0.235. The molecule has 0 radical (unpaired) electrons. The zero-order valence-electron chi connectivity index (χ0n) is 12.9. The van der Waals surface area contributed by atoms with Gasteiger partial charge >= 0.3 is 0 Å². The van der Waals surface area contributed by atoms with Crippen LogP contribution in [0.4, 0.5) is 4.39 Å². The van der Waals surface area contributed by atoms with Crippen LogP contribution in [0.3, 0.4) is 0 Å². The molecule has 0 aliphatic carbocycles. The van der Waals surface area contributed by atoms with Crippen molar-refractivity contribution in [1.82, 2.24) is 10.5 Å². The van der Waals surface area contributed by atoms with E-state index in [1.165, 1.54) is 18.5 Å². The molecule has 1 unspecified atom stereocenters. The maximum Gasteiger partial charge on any atom is 0.182 e. The SMILES string of the molecule is CCC(OC)ONC(=C(Cl)c1cnccc1F)c1ccccc1. The number of hydroxylamine groups is 1. The van der Waals surface area contributed by atoms with Crippen molar-refractivity contribution in [1.29, 1.82) is 0 Å². The maximum atomic E-state index is 14.0. The molecule has 6 heteroatoms. The molecule has 0 bridgehead atoms. The first-order valence-electron chi connectivity index (χ1n) is 7.16. The lowest BCUT2D eigenvalue weighted by Gasteiger charge is -2.18. The second kappa shape index (κ2) is 8.62. The molecule has 0 saturated heterocycles. The number of ether oxygens (including phenoxy) is 1. The first kappa shape index (κ1) is 17.4. The number of pyridine rings is 1. The van der Waals surface area contributed by atoms with E-state index in [1.54, 1.807) is 7.11 Å². The number of nitrogens with zero attached hydrogens (tertiary/aromatic N) is 1. The van der Waals surface area contributed by atoms with Gasteiger partial charge in [-0.05, 0) is 12.5 Å². The molecule has 0 saturated carbocycles. The summed E-state index contributed by atoms with van der Waals surface area (Å²) in [6.07, 6.45) is 2.94. The van der Waals surface area contributed by atoms with Crippen LogP contribution in [-0.4, -0.2) is 18.4 Å². The van der Waals surface area contributed by atoms with Crippen LogP contribution in [0.5, 0.6) is 0 Å². The monoisotopic (exact) mass is 336 g/mol. The van der Waals surface area contributed by atoms with Crippen molar-refractivity contribution in [2.24, 2.45) is 0 Å². The zero-order chi connectivity index (χ0) is 16.7. The largest absolute Gasteiger partial charge is 0.354 e. The Balaban J connectivity index is 2.40. The van der Waals surface area contributed by atoms with Crippen LogP contribution in [0, 0.1) is 5.82 Å². The Hall–Kier alpha value is -1.95. The molecule has 1 heterocycles. The van der Waals surface area contributed by atoms with Gasteiger partial charge in [0.1, 0.15) is 5.82 Å². The number of rotatable bonds is 7. The summed E-state index contributed by atoms with van der Waals surface area (Å²) in [6.45, 7) is 1.92. The first-order valence-corrected chi connectivity index (χ1v) is 7.54. The molecule has 1 N–H and O–H groups in total. The number of halogens is 2. The van der Waals surface area contributed by atoms with E-state index in [4.69, 9.17) is 21.2 Å². The van der Waals surface area contributed by atoms with Crippen molar-refractivity contribution in [2.75, 3.05) is 7.11 Å². The average molecular weight is 337 g/mol. The highest BCUT2D eigenvalue weighted by molar-refractivity contribution is 6.52. The van der Waals surface area contributed by atoms with Crippen LogP contribution in [0.15, 0.2) is 48.8 Å². The van der Waals surface area contributed by atoms with Gasteiger partial charge in [-0.25, -0.2) is 9.23 Å². The van der Waals surface area contributed by atoms with E-state index < -0.39 is 12.1 Å². The highest BCUT2D eigenvalue weighted by Crippen LogP contribution is 2.29.